The second-order valence-corrected chi connectivity index (χ2v) is 3.28. The number of hydrogen-bond donors (Lipinski definition) is 2. The minimum atomic E-state index is -0.143. The summed E-state index contributed by atoms with van der Waals surface area (Å²) in [6.07, 6.45) is 5.37. The lowest BCUT2D eigenvalue weighted by atomic mass is 10.3. The van der Waals surface area contributed by atoms with Crippen molar-refractivity contribution < 1.29 is 9.53 Å². The summed E-state index contributed by atoms with van der Waals surface area (Å²) >= 11 is 0. The van der Waals surface area contributed by atoms with Gasteiger partial charge in [0.2, 0.25) is 0 Å². The molecule has 1 saturated carbocycles. The summed E-state index contributed by atoms with van der Waals surface area (Å²) in [5, 5.41) is 5.17. The van der Waals surface area contributed by atoms with Gasteiger partial charge in [0.25, 0.3) is 0 Å². The molecule has 1 aliphatic rings. The van der Waals surface area contributed by atoms with Gasteiger partial charge in [0.05, 0.1) is 12.7 Å². The van der Waals surface area contributed by atoms with Crippen LogP contribution >= 0.6 is 0 Å². The van der Waals surface area contributed by atoms with Crippen LogP contribution in [0.2, 0.25) is 0 Å². The van der Waals surface area contributed by atoms with Crippen LogP contribution in [0.5, 0.6) is 0 Å². The van der Waals surface area contributed by atoms with Gasteiger partial charge in [-0.05, 0) is 12.8 Å². The number of urea groups is 1. The van der Waals surface area contributed by atoms with Crippen molar-refractivity contribution in [1.29, 1.82) is 0 Å². The molecule has 76 valence electrons. The second-order valence-electron chi connectivity index (χ2n) is 3.28. The number of hydrogen-bond acceptors (Lipinski definition) is 2. The Labute approximate surface area is 79.0 Å². The molecule has 1 fully saturated rings. The minimum absolute atomic E-state index is 0.143. The number of carbonyl (C=O) groups excluding carboxylic acids is 1. The molecule has 2 N–H and O–H groups in total. The number of ether oxygens (including phenoxy) is 1. The van der Waals surface area contributed by atoms with Crippen molar-refractivity contribution in [2.45, 2.75) is 31.8 Å². The quantitative estimate of drug-likeness (QED) is 0.640. The van der Waals surface area contributed by atoms with Crippen molar-refractivity contribution in [3.63, 3.8) is 0 Å². The van der Waals surface area contributed by atoms with E-state index < -0.39 is 0 Å². The summed E-state index contributed by atoms with van der Waals surface area (Å²) in [7, 11) is 1.60. The summed E-state index contributed by atoms with van der Waals surface area (Å²) in [5.74, 6) is 0. The van der Waals surface area contributed by atoms with E-state index in [4.69, 9.17) is 4.74 Å². The summed E-state index contributed by atoms with van der Waals surface area (Å²) in [6.45, 7) is 1.22. The van der Waals surface area contributed by atoms with Gasteiger partial charge in [0.1, 0.15) is 0 Å². The maximum absolute atomic E-state index is 10.7. The van der Waals surface area contributed by atoms with Crippen LogP contribution in [0.1, 0.15) is 25.7 Å². The van der Waals surface area contributed by atoms with Gasteiger partial charge < -0.3 is 15.4 Å². The lowest BCUT2D eigenvalue weighted by Gasteiger charge is -2.11. The third kappa shape index (κ3) is 4.12. The molecule has 0 aromatic carbocycles. The molecule has 0 spiro atoms. The van der Waals surface area contributed by atoms with E-state index in [-0.39, 0.29) is 6.03 Å². The monoisotopic (exact) mass is 186 g/mol. The van der Waals surface area contributed by atoms with Crippen LogP contribution in [0.3, 0.4) is 0 Å². The Morgan fingerprint density at radius 2 is 2.15 bits per heavy atom. The van der Waals surface area contributed by atoms with E-state index in [0.717, 1.165) is 0 Å². The Hall–Kier alpha value is -0.770. The van der Waals surface area contributed by atoms with Gasteiger partial charge in [-0.2, -0.15) is 0 Å². The van der Waals surface area contributed by atoms with Crippen LogP contribution < -0.4 is 10.6 Å². The summed E-state index contributed by atoms with van der Waals surface area (Å²) in [6, 6.07) is -0.143. The molecule has 1 aliphatic carbocycles. The molecule has 0 saturated heterocycles. The SMILES string of the molecule is CNC(=O)NCCOC1CCCC1. The first-order chi connectivity index (χ1) is 6.33. The first-order valence-corrected chi connectivity index (χ1v) is 4.90. The number of rotatable bonds is 4. The van der Waals surface area contributed by atoms with Crippen LogP contribution in [0.15, 0.2) is 0 Å². The predicted molar refractivity (Wildman–Crippen MR) is 50.7 cm³/mol. The molecular formula is C9H18N2O2. The first-order valence-electron chi connectivity index (χ1n) is 4.90. The summed E-state index contributed by atoms with van der Waals surface area (Å²) in [4.78, 5) is 10.7. The van der Waals surface area contributed by atoms with Crippen molar-refractivity contribution in [3.05, 3.63) is 0 Å². The van der Waals surface area contributed by atoms with Crippen molar-refractivity contribution in [1.82, 2.24) is 10.6 Å². The molecule has 1 rings (SSSR count). The minimum Gasteiger partial charge on any atom is -0.376 e. The Balaban J connectivity index is 1.91. The van der Waals surface area contributed by atoms with Gasteiger partial charge in [-0.3, -0.25) is 0 Å². The van der Waals surface area contributed by atoms with E-state index in [2.05, 4.69) is 10.6 Å². The van der Waals surface area contributed by atoms with E-state index in [1.807, 2.05) is 0 Å². The maximum atomic E-state index is 10.7. The molecule has 4 nitrogen and oxygen atoms in total. The lowest BCUT2D eigenvalue weighted by Crippen LogP contribution is -2.35. The van der Waals surface area contributed by atoms with Crippen LogP contribution in [0, 0.1) is 0 Å². The van der Waals surface area contributed by atoms with E-state index in [0.29, 0.717) is 19.3 Å². The molecular weight excluding hydrogens is 168 g/mol. The fraction of sp³-hybridized carbons (Fsp3) is 0.889. The Kier molecular flexibility index (Phi) is 4.60. The van der Waals surface area contributed by atoms with E-state index in [1.165, 1.54) is 25.7 Å². The molecule has 4 heteroatoms. The van der Waals surface area contributed by atoms with Crippen molar-refractivity contribution >= 4 is 6.03 Å². The molecule has 0 heterocycles. The van der Waals surface area contributed by atoms with E-state index in [9.17, 15) is 4.79 Å². The molecule has 0 radical (unpaired) electrons. The van der Waals surface area contributed by atoms with Crippen LogP contribution in [-0.4, -0.2) is 32.3 Å². The average Bonchev–Trinajstić information content (AvgIpc) is 2.64. The zero-order valence-electron chi connectivity index (χ0n) is 8.14. The van der Waals surface area contributed by atoms with Gasteiger partial charge >= 0.3 is 6.03 Å². The van der Waals surface area contributed by atoms with Crippen LogP contribution in [-0.2, 0) is 4.74 Å². The number of carbonyl (C=O) groups is 1. The van der Waals surface area contributed by atoms with Crippen molar-refractivity contribution in [3.8, 4) is 0 Å². The van der Waals surface area contributed by atoms with Crippen molar-refractivity contribution in [2.24, 2.45) is 0 Å². The first kappa shape index (κ1) is 10.3. The van der Waals surface area contributed by atoms with Gasteiger partial charge in [-0.1, -0.05) is 12.8 Å². The fourth-order valence-electron chi connectivity index (χ4n) is 1.53. The zero-order chi connectivity index (χ0) is 9.52. The highest BCUT2D eigenvalue weighted by atomic mass is 16.5. The maximum Gasteiger partial charge on any atom is 0.314 e. The van der Waals surface area contributed by atoms with Crippen LogP contribution in [0.25, 0.3) is 0 Å². The topological polar surface area (TPSA) is 50.4 Å². The zero-order valence-corrected chi connectivity index (χ0v) is 8.14. The fourth-order valence-corrected chi connectivity index (χ4v) is 1.53. The molecule has 2 amide bonds. The molecule has 0 unspecified atom stereocenters. The van der Waals surface area contributed by atoms with Gasteiger partial charge in [-0.25, -0.2) is 4.79 Å². The van der Waals surface area contributed by atoms with Gasteiger partial charge in [-0.15, -0.1) is 0 Å². The van der Waals surface area contributed by atoms with Crippen LogP contribution in [0.4, 0.5) is 4.79 Å². The number of amides is 2. The number of nitrogens with one attached hydrogen (secondary N) is 2. The normalized spacial score (nSPS) is 17.3. The lowest BCUT2D eigenvalue weighted by molar-refractivity contribution is 0.0613. The van der Waals surface area contributed by atoms with Gasteiger partial charge in [0, 0.05) is 13.6 Å². The Morgan fingerprint density at radius 1 is 1.46 bits per heavy atom. The second kappa shape index (κ2) is 5.80. The highest BCUT2D eigenvalue weighted by molar-refractivity contribution is 5.73. The summed E-state index contributed by atoms with van der Waals surface area (Å²) in [5.41, 5.74) is 0. The molecule has 13 heavy (non-hydrogen) atoms. The average molecular weight is 186 g/mol. The molecule has 0 bridgehead atoms. The van der Waals surface area contributed by atoms with E-state index >= 15 is 0 Å². The highest BCUT2D eigenvalue weighted by Crippen LogP contribution is 2.20. The molecule has 0 aliphatic heterocycles. The largest absolute Gasteiger partial charge is 0.376 e. The van der Waals surface area contributed by atoms with E-state index in [1.54, 1.807) is 7.05 Å². The predicted octanol–water partition coefficient (Wildman–Crippen LogP) is 0.875. The third-order valence-corrected chi connectivity index (χ3v) is 2.27. The standard InChI is InChI=1S/C9H18N2O2/c1-10-9(12)11-6-7-13-8-4-2-3-5-8/h8H,2-7H2,1H3,(H2,10,11,12). The third-order valence-electron chi connectivity index (χ3n) is 2.27. The molecule has 0 aromatic rings. The smallest absolute Gasteiger partial charge is 0.314 e. The van der Waals surface area contributed by atoms with Gasteiger partial charge in [0.15, 0.2) is 0 Å². The highest BCUT2D eigenvalue weighted by Gasteiger charge is 2.14. The molecule has 0 atom stereocenters. The summed E-state index contributed by atoms with van der Waals surface area (Å²) < 4.78 is 5.56. The Morgan fingerprint density at radius 3 is 2.77 bits per heavy atom. The Bertz CT molecular complexity index is 156. The molecule has 0 aromatic heterocycles. The van der Waals surface area contributed by atoms with Crippen molar-refractivity contribution in [2.75, 3.05) is 20.2 Å².